The fourth-order valence-corrected chi connectivity index (χ4v) is 4.53. The van der Waals surface area contributed by atoms with Crippen LogP contribution in [-0.2, 0) is 7.05 Å². The van der Waals surface area contributed by atoms with Crippen molar-refractivity contribution in [2.75, 3.05) is 7.11 Å². The van der Waals surface area contributed by atoms with Crippen molar-refractivity contribution in [3.05, 3.63) is 82.2 Å². The van der Waals surface area contributed by atoms with E-state index in [0.29, 0.717) is 9.90 Å². The summed E-state index contributed by atoms with van der Waals surface area (Å²) in [5, 5.41) is 4.46. The van der Waals surface area contributed by atoms with E-state index in [1.165, 1.54) is 11.3 Å². The maximum absolute atomic E-state index is 13.1. The third-order valence-corrected chi connectivity index (χ3v) is 6.26. The quantitative estimate of drug-likeness (QED) is 0.512. The van der Waals surface area contributed by atoms with E-state index in [-0.39, 0.29) is 5.91 Å². The molecule has 1 unspecified atom stereocenters. The number of carbonyl (C=O) groups excluding carboxylic acids is 1. The second kappa shape index (κ2) is 7.66. The average molecular weight is 412 g/mol. The largest absolute Gasteiger partial charge is 0.497 e. The van der Waals surface area contributed by atoms with Crippen LogP contribution in [-0.4, -0.2) is 22.6 Å². The minimum absolute atomic E-state index is 0.227. The molecule has 5 nitrogen and oxygen atoms in total. The number of ether oxygens (including phenoxy) is 1. The molecule has 0 aliphatic heterocycles. The number of nitrogens with one attached hydrogen (secondary N) is 1. The van der Waals surface area contributed by atoms with E-state index in [2.05, 4.69) is 10.3 Å². The molecular weight excluding hydrogens is 394 g/mol. The smallest absolute Gasteiger partial charge is 0.263 e. The van der Waals surface area contributed by atoms with Gasteiger partial charge < -0.3 is 14.6 Å². The monoisotopic (exact) mass is 411 g/mol. The lowest BCUT2D eigenvalue weighted by Gasteiger charge is -2.19. The maximum atomic E-state index is 13.1. The van der Waals surface area contributed by atoms with E-state index in [4.69, 9.17) is 16.3 Å². The molecule has 0 radical (unpaired) electrons. The van der Waals surface area contributed by atoms with E-state index < -0.39 is 6.04 Å². The highest BCUT2D eigenvalue weighted by Crippen LogP contribution is 2.35. The number of carbonyl (C=O) groups is 1. The summed E-state index contributed by atoms with van der Waals surface area (Å²) in [7, 11) is 3.52. The molecule has 4 aromatic rings. The Kier molecular flexibility index (Phi) is 5.07. The van der Waals surface area contributed by atoms with E-state index >= 15 is 0 Å². The lowest BCUT2D eigenvalue weighted by atomic mass is 10.1. The second-order valence-corrected chi connectivity index (χ2v) is 7.75. The molecule has 0 saturated carbocycles. The van der Waals surface area contributed by atoms with Crippen molar-refractivity contribution in [2.24, 2.45) is 7.05 Å². The minimum atomic E-state index is -0.417. The molecule has 4 rings (SSSR count). The first-order valence-corrected chi connectivity index (χ1v) is 9.87. The summed E-state index contributed by atoms with van der Waals surface area (Å²) in [5.74, 6) is 1.26. The second-order valence-electron chi connectivity index (χ2n) is 6.32. The van der Waals surface area contributed by atoms with E-state index in [0.717, 1.165) is 27.2 Å². The molecule has 1 N–H and O–H groups in total. The van der Waals surface area contributed by atoms with Crippen LogP contribution in [0.25, 0.3) is 10.1 Å². The molecule has 28 heavy (non-hydrogen) atoms. The molecule has 1 atom stereocenters. The molecule has 2 aromatic heterocycles. The standard InChI is InChI=1S/C21H18ClN3O2S/c1-25-12-11-23-20(25)18(13-7-9-14(27-2)10-8-13)24-21(26)19-17(22)15-5-3-4-6-16(15)28-19/h3-12,18H,1-2H3,(H,24,26). The number of thiophene rings is 1. The summed E-state index contributed by atoms with van der Waals surface area (Å²) in [4.78, 5) is 18.0. The summed E-state index contributed by atoms with van der Waals surface area (Å²) in [6.45, 7) is 0. The molecule has 0 saturated heterocycles. The molecule has 0 spiro atoms. The molecule has 142 valence electrons. The SMILES string of the molecule is COc1ccc(C(NC(=O)c2sc3ccccc3c2Cl)c2nccn2C)cc1. The summed E-state index contributed by atoms with van der Waals surface area (Å²) < 4.78 is 8.11. The number of fused-ring (bicyclic) bond motifs is 1. The number of benzene rings is 2. The number of imidazole rings is 1. The van der Waals surface area contributed by atoms with Gasteiger partial charge in [-0.2, -0.15) is 0 Å². The zero-order valence-electron chi connectivity index (χ0n) is 15.3. The van der Waals surface area contributed by atoms with Crippen LogP contribution in [0.5, 0.6) is 5.75 Å². The zero-order valence-corrected chi connectivity index (χ0v) is 16.9. The lowest BCUT2D eigenvalue weighted by molar-refractivity contribution is 0.0945. The Balaban J connectivity index is 1.71. The van der Waals surface area contributed by atoms with Crippen LogP contribution in [0, 0.1) is 0 Å². The van der Waals surface area contributed by atoms with Gasteiger partial charge in [-0.05, 0) is 23.8 Å². The summed E-state index contributed by atoms with van der Waals surface area (Å²) >= 11 is 7.87. The van der Waals surface area contributed by atoms with Gasteiger partial charge in [-0.15, -0.1) is 11.3 Å². The Bertz CT molecular complexity index is 1130. The molecule has 2 aromatic carbocycles. The van der Waals surface area contributed by atoms with Gasteiger partial charge in [-0.1, -0.05) is 41.9 Å². The van der Waals surface area contributed by atoms with Crippen molar-refractivity contribution in [2.45, 2.75) is 6.04 Å². The number of aryl methyl sites for hydroxylation is 1. The molecular formula is C21H18ClN3O2S. The number of halogens is 1. The molecule has 2 heterocycles. The first-order valence-electron chi connectivity index (χ1n) is 8.67. The summed E-state index contributed by atoms with van der Waals surface area (Å²) in [5.41, 5.74) is 0.903. The van der Waals surface area contributed by atoms with Gasteiger partial charge in [0.1, 0.15) is 22.5 Å². The fraction of sp³-hybridized carbons (Fsp3) is 0.143. The van der Waals surface area contributed by atoms with Gasteiger partial charge in [0.15, 0.2) is 0 Å². The third kappa shape index (κ3) is 3.37. The van der Waals surface area contributed by atoms with Gasteiger partial charge in [-0.3, -0.25) is 4.79 Å². The number of hydrogen-bond donors (Lipinski definition) is 1. The number of nitrogens with zero attached hydrogens (tertiary/aromatic N) is 2. The van der Waals surface area contributed by atoms with Gasteiger partial charge in [0.2, 0.25) is 0 Å². The Morgan fingerprint density at radius 1 is 1.21 bits per heavy atom. The van der Waals surface area contributed by atoms with Crippen LogP contribution in [0.4, 0.5) is 0 Å². The maximum Gasteiger partial charge on any atom is 0.263 e. The first kappa shape index (κ1) is 18.5. The highest BCUT2D eigenvalue weighted by Gasteiger charge is 2.24. The molecule has 0 fully saturated rings. The molecule has 7 heteroatoms. The average Bonchev–Trinajstić information content (AvgIpc) is 3.30. The predicted octanol–water partition coefficient (Wildman–Crippen LogP) is 4.82. The van der Waals surface area contributed by atoms with Gasteiger partial charge in [0, 0.05) is 29.5 Å². The topological polar surface area (TPSA) is 56.1 Å². The number of rotatable bonds is 5. The van der Waals surface area contributed by atoms with Crippen LogP contribution in [0.2, 0.25) is 5.02 Å². The molecule has 0 aliphatic rings. The van der Waals surface area contributed by atoms with E-state index in [1.807, 2.05) is 66.3 Å². The Morgan fingerprint density at radius 2 is 1.96 bits per heavy atom. The summed E-state index contributed by atoms with van der Waals surface area (Å²) in [6.07, 6.45) is 3.56. The van der Waals surface area contributed by atoms with Crippen molar-refractivity contribution in [1.29, 1.82) is 0 Å². The van der Waals surface area contributed by atoms with Crippen LogP contribution < -0.4 is 10.1 Å². The third-order valence-electron chi connectivity index (χ3n) is 4.58. The lowest BCUT2D eigenvalue weighted by Crippen LogP contribution is -2.30. The molecule has 1 amide bonds. The van der Waals surface area contributed by atoms with Crippen molar-refractivity contribution in [3.8, 4) is 5.75 Å². The number of hydrogen-bond acceptors (Lipinski definition) is 4. The van der Waals surface area contributed by atoms with Crippen LogP contribution in [0.15, 0.2) is 60.9 Å². The number of aromatic nitrogens is 2. The van der Waals surface area contributed by atoms with Crippen LogP contribution in [0.3, 0.4) is 0 Å². The Morgan fingerprint density at radius 3 is 2.61 bits per heavy atom. The zero-order chi connectivity index (χ0) is 19.7. The molecule has 0 bridgehead atoms. The van der Waals surface area contributed by atoms with Gasteiger partial charge in [-0.25, -0.2) is 4.98 Å². The van der Waals surface area contributed by atoms with Crippen molar-refractivity contribution >= 4 is 38.9 Å². The number of amides is 1. The van der Waals surface area contributed by atoms with Gasteiger partial charge in [0.25, 0.3) is 5.91 Å². The van der Waals surface area contributed by atoms with Crippen molar-refractivity contribution in [1.82, 2.24) is 14.9 Å². The first-order chi connectivity index (χ1) is 13.6. The van der Waals surface area contributed by atoms with Crippen LogP contribution in [0.1, 0.15) is 27.1 Å². The van der Waals surface area contributed by atoms with Gasteiger partial charge in [0.05, 0.1) is 12.1 Å². The van der Waals surface area contributed by atoms with Crippen molar-refractivity contribution < 1.29 is 9.53 Å². The summed E-state index contributed by atoms with van der Waals surface area (Å²) in [6, 6.07) is 14.9. The van der Waals surface area contributed by atoms with Crippen LogP contribution >= 0.6 is 22.9 Å². The fourth-order valence-electron chi connectivity index (χ4n) is 3.11. The Hall–Kier alpha value is -2.83. The van der Waals surface area contributed by atoms with E-state index in [1.54, 1.807) is 13.3 Å². The highest BCUT2D eigenvalue weighted by molar-refractivity contribution is 7.21. The number of methoxy groups -OCH3 is 1. The highest BCUT2D eigenvalue weighted by atomic mass is 35.5. The molecule has 0 aliphatic carbocycles. The van der Waals surface area contributed by atoms with E-state index in [9.17, 15) is 4.79 Å². The van der Waals surface area contributed by atoms with Gasteiger partial charge >= 0.3 is 0 Å². The minimum Gasteiger partial charge on any atom is -0.497 e. The normalized spacial score (nSPS) is 12.1. The predicted molar refractivity (Wildman–Crippen MR) is 112 cm³/mol. The Labute approximate surface area is 171 Å². The van der Waals surface area contributed by atoms with Crippen molar-refractivity contribution in [3.63, 3.8) is 0 Å².